The molecule has 0 spiro atoms. The molecule has 0 aliphatic carbocycles. The Bertz CT molecular complexity index is 1000. The number of fused-ring (bicyclic) bond motifs is 3. The first-order chi connectivity index (χ1) is 12.8. The standard InChI is InChI=1S/C19H18F3N3O2/c20-19(21,22)11-12-5-8-24(9-6-12)17-16-2-1-7-25(16)15-4-3-13(18(26)27)10-14(15)23-17/h1-4,7,10,12H,5-6,8-9,11H2,(H,26,27). The van der Waals surface area contributed by atoms with E-state index in [1.165, 1.54) is 12.1 Å². The quantitative estimate of drug-likeness (QED) is 0.737. The smallest absolute Gasteiger partial charge is 0.389 e. The molecule has 0 unspecified atom stereocenters. The summed E-state index contributed by atoms with van der Waals surface area (Å²) < 4.78 is 39.8. The normalized spacial score (nSPS) is 16.3. The van der Waals surface area contributed by atoms with E-state index >= 15 is 0 Å². The molecule has 0 amide bonds. The molecule has 1 fully saturated rings. The number of benzene rings is 1. The maximum absolute atomic E-state index is 12.6. The van der Waals surface area contributed by atoms with Crippen LogP contribution >= 0.6 is 0 Å². The number of hydrogen-bond donors (Lipinski definition) is 1. The fourth-order valence-corrected chi connectivity index (χ4v) is 3.80. The molecule has 2 aromatic heterocycles. The van der Waals surface area contributed by atoms with Crippen molar-refractivity contribution in [3.8, 4) is 0 Å². The summed E-state index contributed by atoms with van der Waals surface area (Å²) >= 11 is 0. The average Bonchev–Trinajstić information content (AvgIpc) is 3.10. The summed E-state index contributed by atoms with van der Waals surface area (Å²) in [4.78, 5) is 17.9. The lowest BCUT2D eigenvalue weighted by Crippen LogP contribution is -2.36. The first-order valence-electron chi connectivity index (χ1n) is 8.78. The number of halogens is 3. The van der Waals surface area contributed by atoms with E-state index in [1.54, 1.807) is 6.07 Å². The minimum Gasteiger partial charge on any atom is -0.478 e. The van der Waals surface area contributed by atoms with Crippen LogP contribution in [0, 0.1) is 5.92 Å². The van der Waals surface area contributed by atoms with E-state index in [0.29, 0.717) is 37.3 Å². The van der Waals surface area contributed by atoms with Gasteiger partial charge in [0.2, 0.25) is 0 Å². The molecule has 27 heavy (non-hydrogen) atoms. The van der Waals surface area contributed by atoms with Gasteiger partial charge in [0.1, 0.15) is 0 Å². The van der Waals surface area contributed by atoms with Crippen LogP contribution in [0.4, 0.5) is 19.0 Å². The molecule has 1 aliphatic rings. The van der Waals surface area contributed by atoms with Gasteiger partial charge in [-0.2, -0.15) is 13.2 Å². The number of rotatable bonds is 3. The molecule has 1 N–H and O–H groups in total. The molecule has 3 aromatic rings. The topological polar surface area (TPSA) is 57.8 Å². The second-order valence-corrected chi connectivity index (χ2v) is 6.96. The molecule has 0 saturated carbocycles. The molecule has 8 heteroatoms. The number of aromatic carboxylic acids is 1. The number of nitrogens with zero attached hydrogens (tertiary/aromatic N) is 3. The molecule has 3 heterocycles. The van der Waals surface area contributed by atoms with Gasteiger partial charge in [0.25, 0.3) is 0 Å². The molecule has 1 saturated heterocycles. The van der Waals surface area contributed by atoms with Gasteiger partial charge in [0, 0.05) is 25.7 Å². The fourth-order valence-electron chi connectivity index (χ4n) is 3.80. The molecular formula is C19H18F3N3O2. The van der Waals surface area contributed by atoms with Gasteiger partial charge >= 0.3 is 12.1 Å². The van der Waals surface area contributed by atoms with Crippen molar-refractivity contribution in [3.05, 3.63) is 42.1 Å². The van der Waals surface area contributed by atoms with Gasteiger partial charge in [0.05, 0.1) is 22.1 Å². The van der Waals surface area contributed by atoms with Crippen molar-refractivity contribution in [1.82, 2.24) is 9.38 Å². The lowest BCUT2D eigenvalue weighted by atomic mass is 9.93. The number of carboxylic acid groups (broad SMARTS) is 1. The SMILES string of the molecule is O=C(O)c1ccc2c(c1)nc(N1CCC(CC(F)(F)F)CC1)c1cccn12. The Kier molecular flexibility index (Phi) is 4.20. The zero-order valence-corrected chi connectivity index (χ0v) is 14.4. The Morgan fingerprint density at radius 3 is 2.59 bits per heavy atom. The van der Waals surface area contributed by atoms with Crippen LogP contribution in [0.25, 0.3) is 16.6 Å². The lowest BCUT2D eigenvalue weighted by Gasteiger charge is -2.33. The van der Waals surface area contributed by atoms with Crippen molar-refractivity contribution in [2.45, 2.75) is 25.4 Å². The summed E-state index contributed by atoms with van der Waals surface area (Å²) in [7, 11) is 0. The molecule has 1 aliphatic heterocycles. The second kappa shape index (κ2) is 6.44. The van der Waals surface area contributed by atoms with Crippen LogP contribution in [0.2, 0.25) is 0 Å². The Morgan fingerprint density at radius 2 is 1.93 bits per heavy atom. The van der Waals surface area contributed by atoms with E-state index in [4.69, 9.17) is 0 Å². The Balaban J connectivity index is 1.69. The first kappa shape index (κ1) is 17.6. The highest BCUT2D eigenvalue weighted by atomic mass is 19.4. The summed E-state index contributed by atoms with van der Waals surface area (Å²) in [6, 6.07) is 8.57. The fraction of sp³-hybridized carbons (Fsp3) is 0.368. The maximum atomic E-state index is 12.6. The molecular weight excluding hydrogens is 359 g/mol. The largest absolute Gasteiger partial charge is 0.478 e. The Labute approximate surface area is 153 Å². The third-order valence-corrected chi connectivity index (χ3v) is 5.12. The van der Waals surface area contributed by atoms with Gasteiger partial charge < -0.3 is 14.4 Å². The molecule has 0 bridgehead atoms. The summed E-state index contributed by atoms with van der Waals surface area (Å²) in [5.41, 5.74) is 2.35. The zero-order chi connectivity index (χ0) is 19.2. The number of carboxylic acids is 1. The summed E-state index contributed by atoms with van der Waals surface area (Å²) in [5.74, 6) is -0.704. The van der Waals surface area contributed by atoms with Crippen LogP contribution in [0.15, 0.2) is 36.5 Å². The van der Waals surface area contributed by atoms with E-state index in [2.05, 4.69) is 4.98 Å². The molecule has 4 rings (SSSR count). The highest BCUT2D eigenvalue weighted by Crippen LogP contribution is 2.34. The highest BCUT2D eigenvalue weighted by molar-refractivity contribution is 5.94. The minimum atomic E-state index is -4.13. The Morgan fingerprint density at radius 1 is 1.19 bits per heavy atom. The molecule has 1 aromatic carbocycles. The van der Waals surface area contributed by atoms with Crippen LogP contribution in [0.1, 0.15) is 29.6 Å². The van der Waals surface area contributed by atoms with Crippen LogP contribution < -0.4 is 4.90 Å². The van der Waals surface area contributed by atoms with Gasteiger partial charge in [-0.1, -0.05) is 0 Å². The van der Waals surface area contributed by atoms with E-state index in [9.17, 15) is 23.1 Å². The average molecular weight is 377 g/mol. The molecule has 0 atom stereocenters. The van der Waals surface area contributed by atoms with Gasteiger partial charge in [-0.15, -0.1) is 0 Å². The van der Waals surface area contributed by atoms with Gasteiger partial charge in [0.15, 0.2) is 5.82 Å². The third-order valence-electron chi connectivity index (χ3n) is 5.12. The van der Waals surface area contributed by atoms with Crippen molar-refractivity contribution < 1.29 is 23.1 Å². The number of aromatic nitrogens is 2. The second-order valence-electron chi connectivity index (χ2n) is 6.96. The van der Waals surface area contributed by atoms with E-state index in [-0.39, 0.29) is 11.5 Å². The predicted molar refractivity (Wildman–Crippen MR) is 95.3 cm³/mol. The number of hydrogen-bond acceptors (Lipinski definition) is 3. The Hall–Kier alpha value is -2.77. The summed E-state index contributed by atoms with van der Waals surface area (Å²) in [6.45, 7) is 0.997. The molecule has 142 valence electrons. The molecule has 5 nitrogen and oxygen atoms in total. The van der Waals surface area contributed by atoms with Crippen LogP contribution in [-0.4, -0.2) is 39.7 Å². The minimum absolute atomic E-state index is 0.149. The monoisotopic (exact) mass is 377 g/mol. The summed E-state index contributed by atoms with van der Waals surface area (Å²) in [6.07, 6.45) is -2.08. The van der Waals surface area contributed by atoms with Crippen molar-refractivity contribution in [2.24, 2.45) is 5.92 Å². The van der Waals surface area contributed by atoms with E-state index in [1.807, 2.05) is 27.6 Å². The van der Waals surface area contributed by atoms with Crippen LogP contribution in [-0.2, 0) is 0 Å². The number of piperidine rings is 1. The van der Waals surface area contributed by atoms with Gasteiger partial charge in [-0.05, 0) is 49.1 Å². The van der Waals surface area contributed by atoms with Crippen molar-refractivity contribution in [1.29, 1.82) is 0 Å². The highest BCUT2D eigenvalue weighted by Gasteiger charge is 2.34. The van der Waals surface area contributed by atoms with Crippen LogP contribution in [0.3, 0.4) is 0 Å². The van der Waals surface area contributed by atoms with Crippen LogP contribution in [0.5, 0.6) is 0 Å². The number of anilines is 1. The van der Waals surface area contributed by atoms with E-state index < -0.39 is 18.6 Å². The number of carbonyl (C=O) groups is 1. The van der Waals surface area contributed by atoms with Crippen molar-refractivity contribution in [2.75, 3.05) is 18.0 Å². The van der Waals surface area contributed by atoms with Crippen molar-refractivity contribution >= 4 is 28.3 Å². The predicted octanol–water partition coefficient (Wildman–Crippen LogP) is 4.35. The van der Waals surface area contributed by atoms with Gasteiger partial charge in [-0.3, -0.25) is 0 Å². The number of alkyl halides is 3. The first-order valence-corrected chi connectivity index (χ1v) is 8.78. The van der Waals surface area contributed by atoms with Gasteiger partial charge in [-0.25, -0.2) is 9.78 Å². The van der Waals surface area contributed by atoms with Crippen molar-refractivity contribution in [3.63, 3.8) is 0 Å². The maximum Gasteiger partial charge on any atom is 0.389 e. The lowest BCUT2D eigenvalue weighted by molar-refractivity contribution is -0.145. The summed E-state index contributed by atoms with van der Waals surface area (Å²) in [5, 5.41) is 9.22. The van der Waals surface area contributed by atoms with E-state index in [0.717, 1.165) is 11.0 Å². The zero-order valence-electron chi connectivity index (χ0n) is 14.4. The molecule has 0 radical (unpaired) electrons. The third kappa shape index (κ3) is 3.43.